The molecule has 28 heavy (non-hydrogen) atoms. The fourth-order valence-corrected chi connectivity index (χ4v) is 3.60. The summed E-state index contributed by atoms with van der Waals surface area (Å²) < 4.78 is 1.89. The van der Waals surface area contributed by atoms with E-state index in [1.54, 1.807) is 6.33 Å². The molecule has 1 N–H and O–H groups in total. The van der Waals surface area contributed by atoms with Gasteiger partial charge < -0.3 is 9.88 Å². The lowest BCUT2D eigenvalue weighted by atomic mass is 9.88. The van der Waals surface area contributed by atoms with Crippen LogP contribution in [0.15, 0.2) is 91.3 Å². The number of para-hydroxylation sites is 2. The van der Waals surface area contributed by atoms with Crippen LogP contribution >= 0.6 is 0 Å². The van der Waals surface area contributed by atoms with Crippen molar-refractivity contribution in [1.29, 1.82) is 0 Å². The van der Waals surface area contributed by atoms with E-state index < -0.39 is 0 Å². The van der Waals surface area contributed by atoms with Gasteiger partial charge in [0, 0.05) is 12.5 Å². The Morgan fingerprint density at radius 1 is 0.857 bits per heavy atom. The second-order valence-corrected chi connectivity index (χ2v) is 6.87. The van der Waals surface area contributed by atoms with Crippen LogP contribution in [0.25, 0.3) is 11.0 Å². The highest BCUT2D eigenvalue weighted by atomic mass is 16.1. The molecule has 0 saturated heterocycles. The number of fused-ring (bicyclic) bond motifs is 1. The van der Waals surface area contributed by atoms with E-state index in [9.17, 15) is 4.79 Å². The number of imidazole rings is 1. The van der Waals surface area contributed by atoms with E-state index in [1.165, 1.54) is 11.1 Å². The summed E-state index contributed by atoms with van der Waals surface area (Å²) in [7, 11) is 0. The fourth-order valence-electron chi connectivity index (χ4n) is 3.60. The van der Waals surface area contributed by atoms with Gasteiger partial charge >= 0.3 is 0 Å². The Morgan fingerprint density at radius 2 is 1.46 bits per heavy atom. The van der Waals surface area contributed by atoms with Gasteiger partial charge in [-0.3, -0.25) is 4.79 Å². The minimum atomic E-state index is 0.00280. The molecule has 1 amide bonds. The van der Waals surface area contributed by atoms with Gasteiger partial charge in [-0.1, -0.05) is 72.8 Å². The van der Waals surface area contributed by atoms with Crippen LogP contribution in [-0.4, -0.2) is 22.0 Å². The van der Waals surface area contributed by atoms with Crippen LogP contribution in [0.1, 0.15) is 23.5 Å². The first kappa shape index (κ1) is 18.0. The second kappa shape index (κ2) is 8.53. The van der Waals surface area contributed by atoms with Gasteiger partial charge in [0.25, 0.3) is 0 Å². The van der Waals surface area contributed by atoms with Crippen molar-refractivity contribution in [2.24, 2.45) is 0 Å². The molecule has 1 aromatic heterocycles. The van der Waals surface area contributed by atoms with Gasteiger partial charge in [0.05, 0.1) is 17.4 Å². The maximum absolute atomic E-state index is 12.4. The first-order chi connectivity index (χ1) is 13.8. The SMILES string of the molecule is O=C(Cn1cnc2ccccc21)NCCC(c1ccccc1)c1ccccc1. The Kier molecular flexibility index (Phi) is 5.48. The molecular weight excluding hydrogens is 346 g/mol. The molecule has 0 unspecified atom stereocenters. The zero-order valence-corrected chi connectivity index (χ0v) is 15.7. The summed E-state index contributed by atoms with van der Waals surface area (Å²) in [5, 5.41) is 3.07. The number of nitrogens with one attached hydrogen (secondary N) is 1. The number of carbonyl (C=O) groups is 1. The number of amides is 1. The smallest absolute Gasteiger partial charge is 0.239 e. The number of hydrogen-bond acceptors (Lipinski definition) is 2. The van der Waals surface area contributed by atoms with Crippen molar-refractivity contribution < 1.29 is 4.79 Å². The molecule has 0 aliphatic rings. The first-order valence-electron chi connectivity index (χ1n) is 9.58. The van der Waals surface area contributed by atoms with Crippen molar-refractivity contribution in [3.8, 4) is 0 Å². The molecular formula is C24H23N3O. The molecule has 0 saturated carbocycles. The maximum Gasteiger partial charge on any atom is 0.239 e. The summed E-state index contributed by atoms with van der Waals surface area (Å²) in [5.74, 6) is 0.264. The highest BCUT2D eigenvalue weighted by Gasteiger charge is 2.14. The third-order valence-corrected chi connectivity index (χ3v) is 5.00. The van der Waals surface area contributed by atoms with Gasteiger partial charge in [0.1, 0.15) is 6.54 Å². The lowest BCUT2D eigenvalue weighted by Gasteiger charge is -2.18. The van der Waals surface area contributed by atoms with Gasteiger partial charge in [-0.15, -0.1) is 0 Å². The highest BCUT2D eigenvalue weighted by molar-refractivity contribution is 5.80. The van der Waals surface area contributed by atoms with Crippen molar-refractivity contribution in [1.82, 2.24) is 14.9 Å². The third kappa shape index (κ3) is 4.12. The van der Waals surface area contributed by atoms with Crippen LogP contribution in [-0.2, 0) is 11.3 Å². The van der Waals surface area contributed by atoms with Crippen LogP contribution in [0, 0.1) is 0 Å². The predicted octanol–water partition coefficient (Wildman–Crippen LogP) is 4.37. The normalized spacial score (nSPS) is 11.0. The minimum Gasteiger partial charge on any atom is -0.355 e. The van der Waals surface area contributed by atoms with Crippen LogP contribution in [0.4, 0.5) is 0 Å². The van der Waals surface area contributed by atoms with E-state index in [0.29, 0.717) is 6.54 Å². The Bertz CT molecular complexity index is 1000. The van der Waals surface area contributed by atoms with E-state index in [-0.39, 0.29) is 18.4 Å². The Balaban J connectivity index is 1.40. The second-order valence-electron chi connectivity index (χ2n) is 6.87. The van der Waals surface area contributed by atoms with Crippen LogP contribution in [0.3, 0.4) is 0 Å². The van der Waals surface area contributed by atoms with Gasteiger partial charge in [-0.25, -0.2) is 4.98 Å². The first-order valence-corrected chi connectivity index (χ1v) is 9.58. The molecule has 0 radical (unpaired) electrons. The number of benzene rings is 3. The molecule has 4 rings (SSSR count). The van der Waals surface area contributed by atoms with E-state index in [1.807, 2.05) is 41.0 Å². The lowest BCUT2D eigenvalue weighted by Crippen LogP contribution is -2.29. The van der Waals surface area contributed by atoms with Crippen LogP contribution in [0.5, 0.6) is 0 Å². The number of nitrogens with zero attached hydrogens (tertiary/aromatic N) is 2. The van der Waals surface area contributed by atoms with Gasteiger partial charge in [-0.2, -0.15) is 0 Å². The number of carbonyl (C=O) groups excluding carboxylic acids is 1. The lowest BCUT2D eigenvalue weighted by molar-refractivity contribution is -0.121. The molecule has 0 aliphatic carbocycles. The summed E-state index contributed by atoms with van der Waals surface area (Å²) >= 11 is 0. The van der Waals surface area contributed by atoms with Crippen molar-refractivity contribution in [2.75, 3.05) is 6.54 Å². The highest BCUT2D eigenvalue weighted by Crippen LogP contribution is 2.27. The van der Waals surface area contributed by atoms with Crippen molar-refractivity contribution in [3.63, 3.8) is 0 Å². The molecule has 4 nitrogen and oxygen atoms in total. The average molecular weight is 369 g/mol. The zero-order valence-electron chi connectivity index (χ0n) is 15.7. The van der Waals surface area contributed by atoms with Crippen molar-refractivity contribution in [3.05, 3.63) is 102 Å². The number of rotatable bonds is 7. The molecule has 0 atom stereocenters. The monoisotopic (exact) mass is 369 g/mol. The van der Waals surface area contributed by atoms with Crippen molar-refractivity contribution in [2.45, 2.75) is 18.9 Å². The average Bonchev–Trinajstić information content (AvgIpc) is 3.15. The Morgan fingerprint density at radius 3 is 2.14 bits per heavy atom. The summed E-state index contributed by atoms with van der Waals surface area (Å²) in [4.78, 5) is 16.8. The van der Waals surface area contributed by atoms with Crippen LogP contribution < -0.4 is 5.32 Å². The largest absolute Gasteiger partial charge is 0.355 e. The summed E-state index contributed by atoms with van der Waals surface area (Å²) in [6.07, 6.45) is 2.57. The van der Waals surface area contributed by atoms with Gasteiger partial charge in [0.15, 0.2) is 0 Å². The molecule has 140 valence electrons. The molecule has 0 aliphatic heterocycles. The summed E-state index contributed by atoms with van der Waals surface area (Å²) in [6, 6.07) is 28.8. The Labute approximate surface area is 164 Å². The molecule has 0 bridgehead atoms. The van der Waals surface area contributed by atoms with Gasteiger partial charge in [0.2, 0.25) is 5.91 Å². The standard InChI is InChI=1S/C24H23N3O/c28-24(17-27-18-26-22-13-7-8-14-23(22)27)25-16-15-21(19-9-3-1-4-10-19)20-11-5-2-6-12-20/h1-14,18,21H,15-17H2,(H,25,28). The summed E-state index contributed by atoms with van der Waals surface area (Å²) in [5.41, 5.74) is 4.42. The zero-order chi connectivity index (χ0) is 19.2. The Hall–Kier alpha value is -3.40. The quantitative estimate of drug-likeness (QED) is 0.526. The van der Waals surface area contributed by atoms with Gasteiger partial charge in [-0.05, 0) is 29.7 Å². The molecule has 4 aromatic rings. The summed E-state index contributed by atoms with van der Waals surface area (Å²) in [6.45, 7) is 0.905. The third-order valence-electron chi connectivity index (χ3n) is 5.00. The van der Waals surface area contributed by atoms with E-state index in [2.05, 4.69) is 58.8 Å². The molecule has 0 spiro atoms. The topological polar surface area (TPSA) is 46.9 Å². The van der Waals surface area contributed by atoms with E-state index >= 15 is 0 Å². The van der Waals surface area contributed by atoms with Crippen LogP contribution in [0.2, 0.25) is 0 Å². The molecule has 1 heterocycles. The van der Waals surface area contributed by atoms with Crippen molar-refractivity contribution >= 4 is 16.9 Å². The minimum absolute atomic E-state index is 0.00280. The predicted molar refractivity (Wildman–Crippen MR) is 112 cm³/mol. The van der Waals surface area contributed by atoms with E-state index in [4.69, 9.17) is 0 Å². The van der Waals surface area contributed by atoms with E-state index in [0.717, 1.165) is 17.5 Å². The molecule has 0 fully saturated rings. The molecule has 3 aromatic carbocycles. The number of aromatic nitrogens is 2. The number of hydrogen-bond donors (Lipinski definition) is 1. The molecule has 4 heteroatoms. The fraction of sp³-hybridized carbons (Fsp3) is 0.167. The maximum atomic E-state index is 12.4.